The Kier molecular flexibility index (Phi) is 5.57. The predicted octanol–water partition coefficient (Wildman–Crippen LogP) is 6.57. The van der Waals surface area contributed by atoms with E-state index in [9.17, 15) is 9.90 Å². The van der Waals surface area contributed by atoms with E-state index in [0.717, 1.165) is 44.9 Å². The van der Waals surface area contributed by atoms with Gasteiger partial charge in [0.2, 0.25) is 0 Å². The highest BCUT2D eigenvalue weighted by molar-refractivity contribution is 5.89. The van der Waals surface area contributed by atoms with Crippen molar-refractivity contribution >= 4 is 16.9 Å². The third kappa shape index (κ3) is 4.23. The van der Waals surface area contributed by atoms with Crippen LogP contribution in [-0.4, -0.2) is 11.1 Å². The number of furan rings is 1. The molecule has 0 aliphatic heterocycles. The number of rotatable bonds is 7. The largest absolute Gasteiger partial charge is 0.481 e. The van der Waals surface area contributed by atoms with Crippen LogP contribution in [-0.2, 0) is 17.6 Å². The number of hydrogen-bond donors (Lipinski definition) is 1. The average molecular weight is 400 g/mol. The lowest BCUT2D eigenvalue weighted by Gasteiger charge is -2.09. The molecule has 1 aromatic heterocycles. The van der Waals surface area contributed by atoms with Gasteiger partial charge in [-0.3, -0.25) is 4.79 Å². The van der Waals surface area contributed by atoms with Crippen LogP contribution in [0.15, 0.2) is 77.2 Å². The topological polar surface area (TPSA) is 59.7 Å². The highest BCUT2D eigenvalue weighted by Crippen LogP contribution is 2.35. The van der Waals surface area contributed by atoms with Crippen molar-refractivity contribution in [2.75, 3.05) is 0 Å². The molecule has 0 atom stereocenters. The Labute approximate surface area is 175 Å². The fraction of sp³-hybridized carbons (Fsp3) is 0.192. The molecule has 0 aliphatic carbocycles. The van der Waals surface area contributed by atoms with Gasteiger partial charge >= 0.3 is 5.97 Å². The fourth-order valence-electron chi connectivity index (χ4n) is 3.81. The summed E-state index contributed by atoms with van der Waals surface area (Å²) >= 11 is 0. The molecule has 0 aliphatic rings. The first-order valence-electron chi connectivity index (χ1n) is 10.1. The normalized spacial score (nSPS) is 11.2. The SMILES string of the molecule is CC(C)c1oc2cccc(Cc3cccc(Oc4ccccc4)c3)c2c1CC(=O)O. The molecule has 0 spiro atoms. The third-order valence-corrected chi connectivity index (χ3v) is 5.06. The molecule has 152 valence electrons. The second-order valence-electron chi connectivity index (χ2n) is 7.70. The number of hydrogen-bond acceptors (Lipinski definition) is 3. The van der Waals surface area contributed by atoms with Crippen LogP contribution in [0.25, 0.3) is 11.0 Å². The average Bonchev–Trinajstić information content (AvgIpc) is 3.08. The van der Waals surface area contributed by atoms with E-state index in [2.05, 4.69) is 6.07 Å². The Balaban J connectivity index is 1.70. The van der Waals surface area contributed by atoms with Crippen LogP contribution in [0.4, 0.5) is 0 Å². The second-order valence-corrected chi connectivity index (χ2v) is 7.70. The third-order valence-electron chi connectivity index (χ3n) is 5.06. The molecule has 0 fully saturated rings. The molecule has 1 heterocycles. The summed E-state index contributed by atoms with van der Waals surface area (Å²) in [5, 5.41) is 10.4. The Morgan fingerprint density at radius 2 is 1.70 bits per heavy atom. The van der Waals surface area contributed by atoms with Crippen molar-refractivity contribution in [3.8, 4) is 11.5 Å². The van der Waals surface area contributed by atoms with Crippen molar-refractivity contribution in [2.24, 2.45) is 0 Å². The lowest BCUT2D eigenvalue weighted by Crippen LogP contribution is -2.03. The van der Waals surface area contributed by atoms with Gasteiger partial charge in [0.25, 0.3) is 0 Å². The van der Waals surface area contributed by atoms with E-state index >= 15 is 0 Å². The Bertz CT molecular complexity index is 1170. The lowest BCUT2D eigenvalue weighted by atomic mass is 9.95. The summed E-state index contributed by atoms with van der Waals surface area (Å²) in [4.78, 5) is 11.5. The van der Waals surface area contributed by atoms with Crippen molar-refractivity contribution in [1.82, 2.24) is 0 Å². The highest BCUT2D eigenvalue weighted by atomic mass is 16.5. The first kappa shape index (κ1) is 19.8. The highest BCUT2D eigenvalue weighted by Gasteiger charge is 2.21. The standard InChI is InChI=1S/C26H24O4/c1-17(2)26-22(16-24(27)28)25-19(9-7-13-23(25)30-26)14-18-8-6-12-21(15-18)29-20-10-4-3-5-11-20/h3-13,15,17H,14,16H2,1-2H3,(H,27,28). The molecule has 0 saturated carbocycles. The molecular weight excluding hydrogens is 376 g/mol. The van der Waals surface area contributed by atoms with Gasteiger partial charge < -0.3 is 14.3 Å². The zero-order valence-electron chi connectivity index (χ0n) is 17.1. The maximum absolute atomic E-state index is 11.5. The van der Waals surface area contributed by atoms with Crippen LogP contribution in [0.2, 0.25) is 0 Å². The Hall–Kier alpha value is -3.53. The van der Waals surface area contributed by atoms with Gasteiger partial charge in [0.05, 0.1) is 6.42 Å². The van der Waals surface area contributed by atoms with E-state index < -0.39 is 5.97 Å². The quantitative estimate of drug-likeness (QED) is 0.381. The van der Waals surface area contributed by atoms with Crippen LogP contribution in [0.5, 0.6) is 11.5 Å². The molecule has 0 unspecified atom stereocenters. The van der Waals surface area contributed by atoms with Crippen molar-refractivity contribution in [1.29, 1.82) is 0 Å². The van der Waals surface area contributed by atoms with Gasteiger partial charge in [-0.05, 0) is 47.9 Å². The van der Waals surface area contributed by atoms with E-state index in [1.54, 1.807) is 0 Å². The number of carbonyl (C=O) groups is 1. The van der Waals surface area contributed by atoms with Crippen LogP contribution >= 0.6 is 0 Å². The number of aliphatic carboxylic acids is 1. The molecular formula is C26H24O4. The first-order chi connectivity index (χ1) is 14.5. The lowest BCUT2D eigenvalue weighted by molar-refractivity contribution is -0.136. The van der Waals surface area contributed by atoms with Gasteiger partial charge in [0.15, 0.2) is 0 Å². The number of para-hydroxylation sites is 1. The summed E-state index contributed by atoms with van der Waals surface area (Å²) in [5.74, 6) is 1.57. The Morgan fingerprint density at radius 3 is 2.43 bits per heavy atom. The van der Waals surface area contributed by atoms with Gasteiger partial charge in [-0.25, -0.2) is 0 Å². The molecule has 0 saturated heterocycles. The smallest absolute Gasteiger partial charge is 0.307 e. The van der Waals surface area contributed by atoms with Crippen LogP contribution in [0.1, 0.15) is 42.2 Å². The summed E-state index contributed by atoms with van der Waals surface area (Å²) in [7, 11) is 0. The summed E-state index contributed by atoms with van der Waals surface area (Å²) < 4.78 is 12.0. The minimum Gasteiger partial charge on any atom is -0.481 e. The summed E-state index contributed by atoms with van der Waals surface area (Å²) in [6.07, 6.45) is 0.613. The fourth-order valence-corrected chi connectivity index (χ4v) is 3.81. The Morgan fingerprint density at radius 1 is 0.967 bits per heavy atom. The molecule has 4 aromatic rings. The second kappa shape index (κ2) is 8.46. The molecule has 0 radical (unpaired) electrons. The molecule has 4 heteroatoms. The van der Waals surface area contributed by atoms with Crippen molar-refractivity contribution in [2.45, 2.75) is 32.6 Å². The zero-order valence-corrected chi connectivity index (χ0v) is 17.1. The monoisotopic (exact) mass is 400 g/mol. The van der Waals surface area contributed by atoms with Crippen molar-refractivity contribution < 1.29 is 19.1 Å². The number of carboxylic acids is 1. The van der Waals surface area contributed by atoms with E-state index in [1.807, 2.05) is 80.6 Å². The van der Waals surface area contributed by atoms with Gasteiger partial charge in [-0.1, -0.05) is 56.3 Å². The summed E-state index contributed by atoms with van der Waals surface area (Å²) in [6, 6.07) is 23.6. The number of carboxylic acid groups (broad SMARTS) is 1. The van der Waals surface area contributed by atoms with E-state index in [4.69, 9.17) is 9.15 Å². The van der Waals surface area contributed by atoms with Gasteiger partial charge in [-0.15, -0.1) is 0 Å². The van der Waals surface area contributed by atoms with E-state index in [0.29, 0.717) is 6.42 Å². The predicted molar refractivity (Wildman–Crippen MR) is 117 cm³/mol. The molecule has 30 heavy (non-hydrogen) atoms. The molecule has 4 nitrogen and oxygen atoms in total. The molecule has 0 bridgehead atoms. The van der Waals surface area contributed by atoms with Crippen molar-refractivity contribution in [3.05, 3.63) is 95.2 Å². The van der Waals surface area contributed by atoms with Gasteiger partial charge in [0, 0.05) is 16.9 Å². The van der Waals surface area contributed by atoms with Crippen LogP contribution in [0, 0.1) is 0 Å². The van der Waals surface area contributed by atoms with Crippen molar-refractivity contribution in [3.63, 3.8) is 0 Å². The van der Waals surface area contributed by atoms with E-state index in [1.165, 1.54) is 0 Å². The maximum atomic E-state index is 11.5. The number of ether oxygens (including phenoxy) is 1. The molecule has 4 rings (SSSR count). The van der Waals surface area contributed by atoms with Gasteiger partial charge in [-0.2, -0.15) is 0 Å². The molecule has 1 N–H and O–H groups in total. The van der Waals surface area contributed by atoms with Crippen LogP contribution in [0.3, 0.4) is 0 Å². The minimum absolute atomic E-state index is 0.0469. The number of fused-ring (bicyclic) bond motifs is 1. The minimum atomic E-state index is -0.854. The maximum Gasteiger partial charge on any atom is 0.307 e. The summed E-state index contributed by atoms with van der Waals surface area (Å²) in [5.41, 5.74) is 3.66. The first-order valence-corrected chi connectivity index (χ1v) is 10.1. The van der Waals surface area contributed by atoms with Crippen LogP contribution < -0.4 is 4.74 Å². The van der Waals surface area contributed by atoms with E-state index in [-0.39, 0.29) is 12.3 Å². The van der Waals surface area contributed by atoms with Gasteiger partial charge in [0.1, 0.15) is 22.8 Å². The number of benzene rings is 3. The molecule has 3 aromatic carbocycles. The molecule has 0 amide bonds. The summed E-state index contributed by atoms with van der Waals surface area (Å²) in [6.45, 7) is 4.04. The zero-order chi connectivity index (χ0) is 21.1.